The number of hydrogen-bond acceptors (Lipinski definition) is 1. The monoisotopic (exact) mass is 1010 g/mol. The highest BCUT2D eigenvalue weighted by Gasteiger charge is 2.46. The van der Waals surface area contributed by atoms with Gasteiger partial charge in [-0.05, 0) is 139 Å². The summed E-state index contributed by atoms with van der Waals surface area (Å²) in [5, 5.41) is 5.08. The predicted molar refractivity (Wildman–Crippen MR) is 331 cm³/mol. The number of rotatable bonds is 10. The van der Waals surface area contributed by atoms with Gasteiger partial charge in [-0.3, -0.25) is 0 Å². The van der Waals surface area contributed by atoms with Crippen molar-refractivity contribution < 1.29 is 0 Å². The molecule has 0 N–H and O–H groups in total. The van der Waals surface area contributed by atoms with Crippen LogP contribution in [-0.2, 0) is 5.41 Å². The number of anilines is 3. The normalized spacial score (nSPS) is 13.1. The van der Waals surface area contributed by atoms with Gasteiger partial charge in [-0.15, -0.1) is 0 Å². The highest BCUT2D eigenvalue weighted by Crippen LogP contribution is 2.58. The van der Waals surface area contributed by atoms with Crippen molar-refractivity contribution in [2.75, 3.05) is 4.90 Å². The van der Waals surface area contributed by atoms with Gasteiger partial charge in [0, 0.05) is 39.0 Å². The Bertz CT molecular complexity index is 4530. The van der Waals surface area contributed by atoms with Crippen molar-refractivity contribution in [3.63, 3.8) is 0 Å². The average Bonchev–Trinajstić information content (AvgIpc) is 4.19. The molecule has 0 spiro atoms. The molecule has 0 atom stereocenters. The number of para-hydroxylation sites is 4. The lowest BCUT2D eigenvalue weighted by Crippen LogP contribution is -2.32. The summed E-state index contributed by atoms with van der Waals surface area (Å²) in [6.45, 7) is 0. The summed E-state index contributed by atoms with van der Waals surface area (Å²) in [5.41, 5.74) is 23.9. The highest BCUT2D eigenvalue weighted by molar-refractivity contribution is 6.14. The van der Waals surface area contributed by atoms with E-state index in [9.17, 15) is 0 Å². The molecule has 2 heteroatoms. The standard InChI is InChI=1S/C77H54N2/c1-5-24-53(25-6-1)62-39-20-26-55-27-21-42-67(74(55)62)65-36-14-17-46-72(65)78(61-35-19-28-56(52-61)64-41-22-43-68-66-37-15-18-47-73(66)79(76(64)68)59-33-11-4-12-34-59)60-50-48-54(49-51-60)63-40-23-45-71-75(63)69-38-13-16-44-70(69)77(71,57-29-7-2-8-30-57)58-31-9-3-10-32-58/h1-20,22-41,43-52H,21,42H2. The molecule has 15 rings (SSSR count). The van der Waals surface area contributed by atoms with Gasteiger partial charge in [0.15, 0.2) is 0 Å². The van der Waals surface area contributed by atoms with Gasteiger partial charge in [-0.2, -0.15) is 0 Å². The summed E-state index contributed by atoms with van der Waals surface area (Å²) in [5.74, 6) is 0. The summed E-state index contributed by atoms with van der Waals surface area (Å²) >= 11 is 0. The Labute approximate surface area is 461 Å². The Morgan fingerprint density at radius 2 is 0.924 bits per heavy atom. The maximum Gasteiger partial charge on any atom is 0.0713 e. The average molecular weight is 1010 g/mol. The molecule has 79 heavy (non-hydrogen) atoms. The van der Waals surface area contributed by atoms with Crippen molar-refractivity contribution >= 4 is 50.5 Å². The van der Waals surface area contributed by atoms with E-state index < -0.39 is 5.41 Å². The van der Waals surface area contributed by atoms with Crippen LogP contribution >= 0.6 is 0 Å². The van der Waals surface area contributed by atoms with E-state index in [1.54, 1.807) is 0 Å². The molecular formula is C77H54N2. The minimum atomic E-state index is -0.483. The number of fused-ring (bicyclic) bond motifs is 7. The molecular weight excluding hydrogens is 953 g/mol. The van der Waals surface area contributed by atoms with Crippen LogP contribution in [0.25, 0.3) is 83.6 Å². The topological polar surface area (TPSA) is 8.17 Å². The smallest absolute Gasteiger partial charge is 0.0713 e. The third kappa shape index (κ3) is 7.47. The first-order valence-corrected chi connectivity index (χ1v) is 27.6. The largest absolute Gasteiger partial charge is 0.310 e. The van der Waals surface area contributed by atoms with Crippen LogP contribution in [0.3, 0.4) is 0 Å². The van der Waals surface area contributed by atoms with Gasteiger partial charge in [-0.25, -0.2) is 0 Å². The van der Waals surface area contributed by atoms with Gasteiger partial charge in [0.05, 0.1) is 22.1 Å². The summed E-state index contributed by atoms with van der Waals surface area (Å²) in [6.07, 6.45) is 4.32. The molecule has 0 fully saturated rings. The molecule has 12 aromatic carbocycles. The molecule has 0 saturated carbocycles. The quantitative estimate of drug-likeness (QED) is 0.133. The van der Waals surface area contributed by atoms with E-state index in [2.05, 4.69) is 313 Å². The molecule has 0 saturated heterocycles. The highest BCUT2D eigenvalue weighted by atomic mass is 15.1. The van der Waals surface area contributed by atoms with Crippen LogP contribution in [0.5, 0.6) is 0 Å². The summed E-state index contributed by atoms with van der Waals surface area (Å²) in [6, 6.07) is 110. The third-order valence-electron chi connectivity index (χ3n) is 16.8. The molecule has 0 unspecified atom stereocenters. The molecule has 0 aliphatic heterocycles. The van der Waals surface area contributed by atoms with Crippen LogP contribution in [0.1, 0.15) is 40.7 Å². The number of nitrogens with zero attached hydrogens (tertiary/aromatic N) is 2. The van der Waals surface area contributed by atoms with Crippen molar-refractivity contribution in [1.82, 2.24) is 4.57 Å². The van der Waals surface area contributed by atoms with Gasteiger partial charge in [0.1, 0.15) is 0 Å². The SMILES string of the molecule is C1=c2cccc(-c3ccccc3)c2=C(c2ccccc2N(c2ccc(-c3cccc4c3-c3ccccc3C4(c3ccccc3)c3ccccc3)cc2)c2cccc(-c3cccc4c5ccccc5n(-c5ccccc5)c34)c2)CC1. The Balaban J connectivity index is 0.942. The van der Waals surface area contributed by atoms with Crippen molar-refractivity contribution in [3.05, 3.63) is 336 Å². The minimum Gasteiger partial charge on any atom is -0.310 e. The number of aromatic nitrogens is 1. The van der Waals surface area contributed by atoms with E-state index in [0.29, 0.717) is 0 Å². The Morgan fingerprint density at radius 3 is 1.71 bits per heavy atom. The van der Waals surface area contributed by atoms with Crippen LogP contribution in [0.15, 0.2) is 297 Å². The lowest BCUT2D eigenvalue weighted by molar-refractivity contribution is 0.768. The van der Waals surface area contributed by atoms with Gasteiger partial charge < -0.3 is 9.47 Å². The zero-order valence-corrected chi connectivity index (χ0v) is 43.7. The zero-order chi connectivity index (χ0) is 52.3. The molecule has 0 bridgehead atoms. The predicted octanol–water partition coefficient (Wildman–Crippen LogP) is 18.4. The number of benzene rings is 12. The second kappa shape index (κ2) is 19.2. The molecule has 2 aliphatic rings. The van der Waals surface area contributed by atoms with Crippen LogP contribution in [0.2, 0.25) is 0 Å². The molecule has 372 valence electrons. The van der Waals surface area contributed by atoms with Crippen LogP contribution in [0.4, 0.5) is 17.1 Å². The zero-order valence-electron chi connectivity index (χ0n) is 43.7. The molecule has 1 aromatic heterocycles. The second-order valence-electron chi connectivity index (χ2n) is 21.0. The van der Waals surface area contributed by atoms with E-state index in [-0.39, 0.29) is 0 Å². The summed E-state index contributed by atoms with van der Waals surface area (Å²) in [4.78, 5) is 2.51. The Kier molecular flexibility index (Phi) is 11.3. The summed E-state index contributed by atoms with van der Waals surface area (Å²) in [7, 11) is 0. The third-order valence-corrected chi connectivity index (χ3v) is 16.8. The molecule has 2 aliphatic carbocycles. The van der Waals surface area contributed by atoms with Gasteiger partial charge >= 0.3 is 0 Å². The van der Waals surface area contributed by atoms with E-state index in [1.165, 1.54) is 105 Å². The first-order chi connectivity index (χ1) is 39.2. The van der Waals surface area contributed by atoms with E-state index >= 15 is 0 Å². The van der Waals surface area contributed by atoms with E-state index in [4.69, 9.17) is 0 Å². The van der Waals surface area contributed by atoms with Gasteiger partial charge in [0.25, 0.3) is 0 Å². The molecule has 0 radical (unpaired) electrons. The fourth-order valence-corrected chi connectivity index (χ4v) is 13.5. The van der Waals surface area contributed by atoms with Crippen LogP contribution in [0, 0.1) is 0 Å². The van der Waals surface area contributed by atoms with Crippen LogP contribution < -0.4 is 15.3 Å². The lowest BCUT2D eigenvalue weighted by Gasteiger charge is -2.34. The van der Waals surface area contributed by atoms with Crippen molar-refractivity contribution in [3.8, 4) is 50.2 Å². The maximum absolute atomic E-state index is 2.51. The maximum atomic E-state index is 2.51. The number of hydrogen-bond donors (Lipinski definition) is 0. The van der Waals surface area contributed by atoms with Crippen molar-refractivity contribution in [2.24, 2.45) is 0 Å². The van der Waals surface area contributed by atoms with E-state index in [1.807, 2.05) is 0 Å². The van der Waals surface area contributed by atoms with Crippen molar-refractivity contribution in [1.29, 1.82) is 0 Å². The molecule has 13 aromatic rings. The van der Waals surface area contributed by atoms with Crippen LogP contribution in [-0.4, -0.2) is 4.57 Å². The minimum absolute atomic E-state index is 0.483. The first-order valence-electron chi connectivity index (χ1n) is 27.6. The van der Waals surface area contributed by atoms with E-state index in [0.717, 1.165) is 41.2 Å². The molecule has 1 heterocycles. The summed E-state index contributed by atoms with van der Waals surface area (Å²) < 4.78 is 2.44. The Morgan fingerprint density at radius 1 is 0.367 bits per heavy atom. The second-order valence-corrected chi connectivity index (χ2v) is 21.0. The first kappa shape index (κ1) is 46.3. The Hall–Kier alpha value is -10.0. The fourth-order valence-electron chi connectivity index (χ4n) is 13.5. The lowest BCUT2D eigenvalue weighted by atomic mass is 9.67. The van der Waals surface area contributed by atoms with Gasteiger partial charge in [0.2, 0.25) is 0 Å². The fraction of sp³-hybridized carbons (Fsp3) is 0.0390. The molecule has 2 nitrogen and oxygen atoms in total. The van der Waals surface area contributed by atoms with Crippen molar-refractivity contribution in [2.45, 2.75) is 18.3 Å². The molecule has 0 amide bonds. The van der Waals surface area contributed by atoms with Gasteiger partial charge in [-0.1, -0.05) is 255 Å².